The van der Waals surface area contributed by atoms with E-state index in [-0.39, 0.29) is 5.91 Å². The van der Waals surface area contributed by atoms with E-state index in [0.717, 1.165) is 19.6 Å². The summed E-state index contributed by atoms with van der Waals surface area (Å²) in [5, 5.41) is 8.73. The summed E-state index contributed by atoms with van der Waals surface area (Å²) < 4.78 is 3.37. The highest BCUT2D eigenvalue weighted by molar-refractivity contribution is 6.33. The highest BCUT2D eigenvalue weighted by Crippen LogP contribution is 2.17. The van der Waals surface area contributed by atoms with E-state index in [2.05, 4.69) is 15.1 Å². The number of aromatic nitrogens is 4. The fraction of sp³-hybridized carbons (Fsp3) is 0.500. The minimum atomic E-state index is -0.0911. The lowest BCUT2D eigenvalue weighted by atomic mass is 10.2. The summed E-state index contributed by atoms with van der Waals surface area (Å²) in [5.74, 6) is -0.0911. The lowest BCUT2D eigenvalue weighted by Crippen LogP contribution is -2.48. The van der Waals surface area contributed by atoms with Gasteiger partial charge in [-0.15, -0.1) is 0 Å². The molecular formula is C14H19ClN6O. The summed E-state index contributed by atoms with van der Waals surface area (Å²) in [6.07, 6.45) is 5.55. The van der Waals surface area contributed by atoms with Gasteiger partial charge in [-0.25, -0.2) is 0 Å². The second-order valence-corrected chi connectivity index (χ2v) is 6.00. The molecule has 1 aliphatic heterocycles. The van der Waals surface area contributed by atoms with Gasteiger partial charge in [-0.2, -0.15) is 10.2 Å². The molecule has 3 rings (SSSR count). The van der Waals surface area contributed by atoms with Crippen LogP contribution >= 0.6 is 11.6 Å². The van der Waals surface area contributed by atoms with Crippen molar-refractivity contribution in [3.05, 3.63) is 34.9 Å². The largest absolute Gasteiger partial charge is 0.335 e. The quantitative estimate of drug-likeness (QED) is 0.837. The van der Waals surface area contributed by atoms with Gasteiger partial charge < -0.3 is 4.90 Å². The van der Waals surface area contributed by atoms with Crippen LogP contribution in [-0.4, -0.2) is 61.4 Å². The van der Waals surface area contributed by atoms with Gasteiger partial charge in [0.1, 0.15) is 0 Å². The van der Waals surface area contributed by atoms with Gasteiger partial charge >= 0.3 is 0 Å². The van der Waals surface area contributed by atoms with Crippen molar-refractivity contribution < 1.29 is 4.79 Å². The Labute approximate surface area is 134 Å². The van der Waals surface area contributed by atoms with Crippen LogP contribution in [0.15, 0.2) is 18.6 Å². The van der Waals surface area contributed by atoms with Gasteiger partial charge in [-0.1, -0.05) is 11.6 Å². The Balaban J connectivity index is 1.57. The molecule has 0 aromatic carbocycles. The normalized spacial score (nSPS) is 16.2. The SMILES string of the molecule is Cn1cc(CN2CCN(C(=O)c3nn(C)cc3Cl)CC2)cn1. The zero-order valence-electron chi connectivity index (χ0n) is 12.7. The predicted octanol–water partition coefficient (Wildman–Crippen LogP) is 0.765. The first kappa shape index (κ1) is 15.1. The first-order valence-electron chi connectivity index (χ1n) is 7.21. The molecule has 22 heavy (non-hydrogen) atoms. The number of hydrogen-bond donors (Lipinski definition) is 0. The monoisotopic (exact) mass is 322 g/mol. The second kappa shape index (κ2) is 6.10. The van der Waals surface area contributed by atoms with E-state index in [4.69, 9.17) is 11.6 Å². The third-order valence-corrected chi connectivity index (χ3v) is 4.09. The fourth-order valence-corrected chi connectivity index (χ4v) is 2.93. The fourth-order valence-electron chi connectivity index (χ4n) is 2.68. The molecule has 2 aromatic heterocycles. The summed E-state index contributed by atoms with van der Waals surface area (Å²) in [6, 6.07) is 0. The maximum atomic E-state index is 12.4. The van der Waals surface area contributed by atoms with Crippen molar-refractivity contribution in [3.63, 3.8) is 0 Å². The Hall–Kier alpha value is -1.86. The Morgan fingerprint density at radius 2 is 1.91 bits per heavy atom. The molecular weight excluding hydrogens is 304 g/mol. The molecule has 1 fully saturated rings. The minimum Gasteiger partial charge on any atom is -0.335 e. The van der Waals surface area contributed by atoms with E-state index < -0.39 is 0 Å². The summed E-state index contributed by atoms with van der Waals surface area (Å²) in [4.78, 5) is 16.6. The first-order valence-corrected chi connectivity index (χ1v) is 7.59. The third kappa shape index (κ3) is 3.15. The average Bonchev–Trinajstić information content (AvgIpc) is 3.04. The van der Waals surface area contributed by atoms with Crippen LogP contribution in [0.3, 0.4) is 0 Å². The Morgan fingerprint density at radius 1 is 1.18 bits per heavy atom. The Kier molecular flexibility index (Phi) is 4.17. The number of amides is 1. The van der Waals surface area contributed by atoms with Gasteiger partial charge in [0.2, 0.25) is 0 Å². The molecule has 8 heteroatoms. The molecule has 0 radical (unpaired) electrons. The maximum Gasteiger partial charge on any atom is 0.276 e. The number of nitrogens with zero attached hydrogens (tertiary/aromatic N) is 6. The molecule has 0 atom stereocenters. The van der Waals surface area contributed by atoms with Gasteiger partial charge in [0.15, 0.2) is 5.69 Å². The van der Waals surface area contributed by atoms with Crippen LogP contribution in [0.5, 0.6) is 0 Å². The zero-order valence-corrected chi connectivity index (χ0v) is 13.5. The number of aryl methyl sites for hydroxylation is 2. The van der Waals surface area contributed by atoms with Crippen molar-refractivity contribution in [2.45, 2.75) is 6.54 Å². The second-order valence-electron chi connectivity index (χ2n) is 5.59. The number of carbonyl (C=O) groups is 1. The van der Waals surface area contributed by atoms with Crippen molar-refractivity contribution in [1.29, 1.82) is 0 Å². The number of halogens is 1. The molecule has 0 aliphatic carbocycles. The van der Waals surface area contributed by atoms with Gasteiger partial charge in [0.25, 0.3) is 5.91 Å². The van der Waals surface area contributed by atoms with Gasteiger partial charge in [-0.05, 0) is 0 Å². The number of piperazine rings is 1. The molecule has 118 valence electrons. The first-order chi connectivity index (χ1) is 10.5. The summed E-state index contributed by atoms with van der Waals surface area (Å²) in [7, 11) is 3.67. The van der Waals surface area contributed by atoms with Crippen LogP contribution in [0.25, 0.3) is 0 Å². The van der Waals surface area contributed by atoms with Crippen molar-refractivity contribution >= 4 is 17.5 Å². The molecule has 0 spiro atoms. The topological polar surface area (TPSA) is 59.2 Å². The Morgan fingerprint density at radius 3 is 2.45 bits per heavy atom. The lowest BCUT2D eigenvalue weighted by molar-refractivity contribution is 0.0622. The number of carbonyl (C=O) groups excluding carboxylic acids is 1. The molecule has 0 saturated carbocycles. The third-order valence-electron chi connectivity index (χ3n) is 3.81. The van der Waals surface area contributed by atoms with E-state index in [1.807, 2.05) is 24.3 Å². The van der Waals surface area contributed by atoms with Crippen molar-refractivity contribution in [1.82, 2.24) is 29.4 Å². The molecule has 7 nitrogen and oxygen atoms in total. The molecule has 0 N–H and O–H groups in total. The van der Waals surface area contributed by atoms with Crippen LogP contribution in [0, 0.1) is 0 Å². The highest BCUT2D eigenvalue weighted by atomic mass is 35.5. The van der Waals surface area contributed by atoms with Crippen molar-refractivity contribution in [2.75, 3.05) is 26.2 Å². The van der Waals surface area contributed by atoms with Crippen LogP contribution in [0.1, 0.15) is 16.1 Å². The van der Waals surface area contributed by atoms with E-state index in [9.17, 15) is 4.79 Å². The van der Waals surface area contributed by atoms with Gasteiger partial charge in [0.05, 0.1) is 11.2 Å². The average molecular weight is 323 g/mol. The van der Waals surface area contributed by atoms with Crippen LogP contribution in [0.4, 0.5) is 0 Å². The van der Waals surface area contributed by atoms with Crippen molar-refractivity contribution in [3.8, 4) is 0 Å². The van der Waals surface area contributed by atoms with E-state index in [1.54, 1.807) is 22.6 Å². The highest BCUT2D eigenvalue weighted by Gasteiger charge is 2.25. The van der Waals surface area contributed by atoms with E-state index in [0.29, 0.717) is 23.8 Å². The molecule has 1 aliphatic rings. The van der Waals surface area contributed by atoms with Gasteiger partial charge in [-0.3, -0.25) is 19.1 Å². The van der Waals surface area contributed by atoms with E-state index in [1.165, 1.54) is 5.56 Å². The molecule has 1 amide bonds. The van der Waals surface area contributed by atoms with Crippen LogP contribution < -0.4 is 0 Å². The standard InChI is InChI=1S/C14H19ClN6O/c1-18-8-11(7-16-18)9-20-3-5-21(6-4-20)14(22)13-12(15)10-19(2)17-13/h7-8,10H,3-6,9H2,1-2H3. The summed E-state index contributed by atoms with van der Waals surface area (Å²) in [6.45, 7) is 3.91. The lowest BCUT2D eigenvalue weighted by Gasteiger charge is -2.34. The predicted molar refractivity (Wildman–Crippen MR) is 82.6 cm³/mol. The number of hydrogen-bond acceptors (Lipinski definition) is 4. The van der Waals surface area contributed by atoms with Gasteiger partial charge in [0, 0.05) is 64.8 Å². The zero-order chi connectivity index (χ0) is 15.7. The molecule has 0 unspecified atom stereocenters. The number of rotatable bonds is 3. The van der Waals surface area contributed by atoms with Crippen LogP contribution in [0.2, 0.25) is 5.02 Å². The molecule has 1 saturated heterocycles. The van der Waals surface area contributed by atoms with Crippen LogP contribution in [-0.2, 0) is 20.6 Å². The molecule has 0 bridgehead atoms. The Bertz CT molecular complexity index is 671. The molecule has 3 heterocycles. The van der Waals surface area contributed by atoms with E-state index >= 15 is 0 Å². The molecule has 2 aromatic rings. The maximum absolute atomic E-state index is 12.4. The summed E-state index contributed by atoms with van der Waals surface area (Å²) >= 11 is 6.05. The minimum absolute atomic E-state index is 0.0911. The van der Waals surface area contributed by atoms with Crippen molar-refractivity contribution in [2.24, 2.45) is 14.1 Å². The summed E-state index contributed by atoms with van der Waals surface area (Å²) in [5.41, 5.74) is 1.53. The smallest absolute Gasteiger partial charge is 0.276 e.